The molecule has 1 saturated heterocycles. The molecule has 0 spiro atoms. The maximum atomic E-state index is 13.0. The quantitative estimate of drug-likeness (QED) is 0.805. The van der Waals surface area contributed by atoms with Gasteiger partial charge in [0.2, 0.25) is 0 Å². The van der Waals surface area contributed by atoms with Crippen molar-refractivity contribution in [2.45, 2.75) is 11.8 Å². The summed E-state index contributed by atoms with van der Waals surface area (Å²) < 4.78 is 13.0. The maximum absolute atomic E-state index is 13.0. The fourth-order valence-corrected chi connectivity index (χ4v) is 2.78. The number of piperidine rings is 1. The molecule has 1 aromatic rings. The predicted molar refractivity (Wildman–Crippen MR) is 61.3 cm³/mol. The zero-order valence-electron chi connectivity index (χ0n) is 8.09. The largest absolute Gasteiger partial charge is 0.316 e. The highest BCUT2D eigenvalue weighted by Gasteiger charge is 2.58. The minimum Gasteiger partial charge on any atom is -0.316 e. The minimum absolute atomic E-state index is 0. The molecule has 2 fully saturated rings. The van der Waals surface area contributed by atoms with Crippen molar-refractivity contribution >= 4 is 24.0 Å². The van der Waals surface area contributed by atoms with Crippen molar-refractivity contribution < 1.29 is 4.39 Å². The summed E-state index contributed by atoms with van der Waals surface area (Å²) in [5.74, 6) is 0.416. The van der Waals surface area contributed by atoms with Crippen molar-refractivity contribution in [1.29, 1.82) is 0 Å². The summed E-state index contributed by atoms with van der Waals surface area (Å²) in [5, 5.41) is 3.60. The van der Waals surface area contributed by atoms with Crippen molar-refractivity contribution in [3.63, 3.8) is 0 Å². The van der Waals surface area contributed by atoms with Crippen LogP contribution < -0.4 is 5.32 Å². The first-order valence-corrected chi connectivity index (χ1v) is 5.26. The molecule has 1 saturated carbocycles. The number of halogens is 3. The Bertz CT molecular complexity index is 396. The SMILES string of the molecule is Cl.Fc1ccc([C@]23CNC[C@H]2C3)cc1Cl. The van der Waals surface area contributed by atoms with Gasteiger partial charge < -0.3 is 5.32 Å². The molecule has 0 aromatic heterocycles. The second-order valence-electron chi connectivity index (χ2n) is 4.32. The molecule has 1 N–H and O–H groups in total. The van der Waals surface area contributed by atoms with E-state index in [-0.39, 0.29) is 28.7 Å². The summed E-state index contributed by atoms with van der Waals surface area (Å²) in [7, 11) is 0. The molecule has 1 heterocycles. The normalized spacial score (nSPS) is 32.0. The Kier molecular flexibility index (Phi) is 2.70. The first-order chi connectivity index (χ1) is 6.72. The lowest BCUT2D eigenvalue weighted by atomic mass is 9.95. The lowest BCUT2D eigenvalue weighted by molar-refractivity contribution is 0.622. The first-order valence-electron chi connectivity index (χ1n) is 4.89. The van der Waals surface area contributed by atoms with Gasteiger partial charge in [-0.2, -0.15) is 0 Å². The Hall–Kier alpha value is -0.310. The van der Waals surface area contributed by atoms with Gasteiger partial charge >= 0.3 is 0 Å². The number of fused-ring (bicyclic) bond motifs is 1. The van der Waals surface area contributed by atoms with Gasteiger partial charge in [0.15, 0.2) is 0 Å². The monoisotopic (exact) mass is 247 g/mol. The third kappa shape index (κ3) is 1.55. The standard InChI is InChI=1S/C11H11ClFN.ClH/c12-9-3-7(1-2-10(9)13)11-4-8(11)5-14-6-11;/h1-3,8,14H,4-6H2;1H/t8-,11+;/m1./s1. The van der Waals surface area contributed by atoms with E-state index in [2.05, 4.69) is 5.32 Å². The molecule has 4 heteroatoms. The van der Waals surface area contributed by atoms with Crippen LogP contribution in [0.25, 0.3) is 0 Å². The number of hydrogen-bond donors (Lipinski definition) is 1. The lowest BCUT2D eigenvalue weighted by Gasteiger charge is -2.12. The molecule has 82 valence electrons. The molecule has 2 atom stereocenters. The van der Waals surface area contributed by atoms with Gasteiger partial charge in [-0.15, -0.1) is 12.4 Å². The summed E-state index contributed by atoms with van der Waals surface area (Å²) in [6.07, 6.45) is 1.22. The molecule has 1 aromatic carbocycles. The van der Waals surface area contributed by atoms with E-state index in [9.17, 15) is 4.39 Å². The fraction of sp³-hybridized carbons (Fsp3) is 0.455. The van der Waals surface area contributed by atoms with Gasteiger partial charge in [0, 0.05) is 12.0 Å². The van der Waals surface area contributed by atoms with Crippen LogP contribution in [0.2, 0.25) is 5.02 Å². The van der Waals surface area contributed by atoms with E-state index in [0.29, 0.717) is 0 Å². The molecule has 0 bridgehead atoms. The predicted octanol–water partition coefficient (Wildman–Crippen LogP) is 2.76. The van der Waals surface area contributed by atoms with Gasteiger partial charge in [0.25, 0.3) is 0 Å². The van der Waals surface area contributed by atoms with Crippen LogP contribution >= 0.6 is 24.0 Å². The van der Waals surface area contributed by atoms with Gasteiger partial charge in [-0.05, 0) is 36.6 Å². The van der Waals surface area contributed by atoms with Crippen LogP contribution in [0.4, 0.5) is 4.39 Å². The minimum atomic E-state index is -0.324. The van der Waals surface area contributed by atoms with Gasteiger partial charge in [-0.1, -0.05) is 17.7 Å². The summed E-state index contributed by atoms with van der Waals surface area (Å²) in [4.78, 5) is 0. The van der Waals surface area contributed by atoms with Gasteiger partial charge in [0.1, 0.15) is 5.82 Å². The average Bonchev–Trinajstić information content (AvgIpc) is 2.75. The molecule has 15 heavy (non-hydrogen) atoms. The van der Waals surface area contributed by atoms with E-state index in [1.54, 1.807) is 6.07 Å². The number of nitrogens with one attached hydrogen (secondary N) is 1. The molecule has 0 radical (unpaired) electrons. The van der Waals surface area contributed by atoms with E-state index < -0.39 is 0 Å². The highest BCUT2D eigenvalue weighted by molar-refractivity contribution is 6.30. The topological polar surface area (TPSA) is 12.0 Å². The molecular formula is C11H12Cl2FN. The summed E-state index contributed by atoms with van der Waals surface area (Å²) in [6, 6.07) is 5.12. The van der Waals surface area contributed by atoms with Crippen LogP contribution in [-0.2, 0) is 5.41 Å². The third-order valence-corrected chi connectivity index (χ3v) is 3.85. The van der Waals surface area contributed by atoms with Crippen LogP contribution in [0, 0.1) is 11.7 Å². The fourth-order valence-electron chi connectivity index (χ4n) is 2.60. The molecule has 3 rings (SSSR count). The Morgan fingerprint density at radius 2 is 2.27 bits per heavy atom. The van der Waals surface area contributed by atoms with Crippen molar-refractivity contribution in [3.05, 3.63) is 34.6 Å². The van der Waals surface area contributed by atoms with Crippen LogP contribution in [0.3, 0.4) is 0 Å². The smallest absolute Gasteiger partial charge is 0.141 e. The van der Waals surface area contributed by atoms with E-state index in [1.165, 1.54) is 18.1 Å². The Morgan fingerprint density at radius 1 is 1.47 bits per heavy atom. The van der Waals surface area contributed by atoms with Crippen LogP contribution in [0.1, 0.15) is 12.0 Å². The zero-order valence-corrected chi connectivity index (χ0v) is 9.67. The molecule has 1 aliphatic heterocycles. The molecule has 1 aliphatic carbocycles. The molecular weight excluding hydrogens is 236 g/mol. The summed E-state index contributed by atoms with van der Waals surface area (Å²) in [6.45, 7) is 2.11. The van der Waals surface area contributed by atoms with Crippen molar-refractivity contribution in [2.75, 3.05) is 13.1 Å². The highest BCUT2D eigenvalue weighted by Crippen LogP contribution is 2.56. The zero-order chi connectivity index (χ0) is 9.76. The molecule has 2 aliphatic rings. The van der Waals surface area contributed by atoms with E-state index in [1.807, 2.05) is 6.07 Å². The molecule has 0 amide bonds. The second-order valence-corrected chi connectivity index (χ2v) is 4.72. The van der Waals surface area contributed by atoms with Crippen molar-refractivity contribution in [1.82, 2.24) is 5.32 Å². The Labute approximate surface area is 99.4 Å². The molecule has 1 nitrogen and oxygen atoms in total. The Balaban J connectivity index is 0.000000853. The van der Waals surface area contributed by atoms with Crippen molar-refractivity contribution in [2.24, 2.45) is 5.92 Å². The highest BCUT2D eigenvalue weighted by atomic mass is 35.5. The lowest BCUT2D eigenvalue weighted by Crippen LogP contribution is -2.19. The second kappa shape index (κ2) is 3.62. The number of rotatable bonds is 1. The van der Waals surface area contributed by atoms with Crippen LogP contribution in [0.15, 0.2) is 18.2 Å². The van der Waals surface area contributed by atoms with Gasteiger partial charge in [0.05, 0.1) is 5.02 Å². The summed E-state index contributed by atoms with van der Waals surface area (Å²) >= 11 is 5.78. The maximum Gasteiger partial charge on any atom is 0.141 e. The first kappa shape index (κ1) is 11.2. The van der Waals surface area contributed by atoms with E-state index >= 15 is 0 Å². The van der Waals surface area contributed by atoms with E-state index in [4.69, 9.17) is 11.6 Å². The molecule has 0 unspecified atom stereocenters. The van der Waals surface area contributed by atoms with Crippen LogP contribution in [0.5, 0.6) is 0 Å². The number of hydrogen-bond acceptors (Lipinski definition) is 1. The third-order valence-electron chi connectivity index (χ3n) is 3.56. The van der Waals surface area contributed by atoms with Gasteiger partial charge in [-0.25, -0.2) is 4.39 Å². The van der Waals surface area contributed by atoms with E-state index in [0.717, 1.165) is 19.0 Å². The number of benzene rings is 1. The van der Waals surface area contributed by atoms with Crippen molar-refractivity contribution in [3.8, 4) is 0 Å². The Morgan fingerprint density at radius 3 is 2.80 bits per heavy atom. The summed E-state index contributed by atoms with van der Waals surface area (Å²) in [5.41, 5.74) is 1.47. The van der Waals surface area contributed by atoms with Crippen LogP contribution in [-0.4, -0.2) is 13.1 Å². The average molecular weight is 248 g/mol. The van der Waals surface area contributed by atoms with Gasteiger partial charge in [-0.3, -0.25) is 0 Å².